The maximum atomic E-state index is 13.7. The van der Waals surface area contributed by atoms with Gasteiger partial charge in [-0.25, -0.2) is 9.96 Å². The van der Waals surface area contributed by atoms with Crippen LogP contribution >= 0.6 is 34.8 Å². The van der Waals surface area contributed by atoms with Crippen molar-refractivity contribution < 1.29 is 24.3 Å². The lowest BCUT2D eigenvalue weighted by molar-refractivity contribution is -0.126. The number of halogens is 3. The van der Waals surface area contributed by atoms with Crippen LogP contribution in [0, 0.1) is 5.92 Å². The van der Waals surface area contributed by atoms with Crippen molar-refractivity contribution in [2.24, 2.45) is 5.92 Å². The van der Waals surface area contributed by atoms with E-state index in [1.807, 2.05) is 0 Å². The van der Waals surface area contributed by atoms with Crippen molar-refractivity contribution in [1.82, 2.24) is 0 Å². The molecule has 2 heterocycles. The van der Waals surface area contributed by atoms with Crippen LogP contribution in [0.3, 0.4) is 0 Å². The number of carbonyl (C=O) groups is 2. The number of phenolic OH excluding ortho intramolecular Hbond substituents is 1. The van der Waals surface area contributed by atoms with E-state index in [1.54, 1.807) is 42.5 Å². The molecule has 2 aliphatic heterocycles. The van der Waals surface area contributed by atoms with Crippen LogP contribution in [-0.2, 0) is 14.4 Å². The fourth-order valence-corrected chi connectivity index (χ4v) is 4.74. The Labute approximate surface area is 209 Å². The molecule has 10 heteroatoms. The number of hydrogen-bond acceptors (Lipinski definition) is 6. The Morgan fingerprint density at radius 1 is 0.882 bits per heavy atom. The molecule has 174 valence electrons. The van der Waals surface area contributed by atoms with Crippen molar-refractivity contribution >= 4 is 58.0 Å². The molecule has 3 atom stereocenters. The molecule has 3 aromatic rings. The molecule has 0 aliphatic carbocycles. The zero-order valence-electron chi connectivity index (χ0n) is 17.6. The van der Waals surface area contributed by atoms with Crippen molar-refractivity contribution in [2.75, 3.05) is 17.1 Å². The zero-order valence-corrected chi connectivity index (χ0v) is 19.9. The molecule has 2 amide bonds. The van der Waals surface area contributed by atoms with Gasteiger partial charge >= 0.3 is 0 Å². The number of phenols is 1. The second-order valence-electron chi connectivity index (χ2n) is 7.84. The van der Waals surface area contributed by atoms with Crippen LogP contribution in [-0.4, -0.2) is 30.1 Å². The quantitative estimate of drug-likeness (QED) is 0.464. The minimum atomic E-state index is -1.07. The lowest BCUT2D eigenvalue weighted by atomic mass is 9.90. The molecule has 0 saturated carbocycles. The fourth-order valence-electron chi connectivity index (χ4n) is 4.32. The summed E-state index contributed by atoms with van der Waals surface area (Å²) >= 11 is 18.2. The highest BCUT2D eigenvalue weighted by atomic mass is 35.5. The minimum Gasteiger partial charge on any atom is -0.504 e. The van der Waals surface area contributed by atoms with E-state index < -0.39 is 29.9 Å². The van der Waals surface area contributed by atoms with E-state index in [1.165, 1.54) is 30.4 Å². The summed E-state index contributed by atoms with van der Waals surface area (Å²) in [5.41, 5.74) is 1.54. The first-order chi connectivity index (χ1) is 16.3. The van der Waals surface area contributed by atoms with Gasteiger partial charge < -0.3 is 9.84 Å². The predicted octanol–water partition coefficient (Wildman–Crippen LogP) is 5.41. The number of ether oxygens (including phenoxy) is 1. The number of amides is 2. The summed E-state index contributed by atoms with van der Waals surface area (Å²) in [6.07, 6.45) is -1.07. The average molecular weight is 520 g/mol. The Hall–Kier alpha value is -2.97. The topological polar surface area (TPSA) is 79.3 Å². The number of nitrogens with zero attached hydrogens (tertiary/aromatic N) is 2. The van der Waals surface area contributed by atoms with E-state index in [0.29, 0.717) is 27.0 Å². The monoisotopic (exact) mass is 518 g/mol. The van der Waals surface area contributed by atoms with Gasteiger partial charge in [0.15, 0.2) is 17.6 Å². The van der Waals surface area contributed by atoms with Gasteiger partial charge in [0.2, 0.25) is 5.91 Å². The number of hydroxylamine groups is 1. The molecule has 5 rings (SSSR count). The SMILES string of the molecule is COc1cc([C@@H]2[C@H]3C(=O)N(c4ccc(Cl)c(Cl)c4)C(=O)[C@H]3ON2c2ccc(Cl)cc2)ccc1O. The number of aromatic hydroxyl groups is 1. The molecule has 34 heavy (non-hydrogen) atoms. The fraction of sp³-hybridized carbons (Fsp3) is 0.167. The molecular weight excluding hydrogens is 503 g/mol. The average Bonchev–Trinajstić information content (AvgIpc) is 3.33. The Bertz CT molecular complexity index is 1300. The highest BCUT2D eigenvalue weighted by Gasteiger charge is 2.60. The number of fused-ring (bicyclic) bond motifs is 1. The molecule has 0 radical (unpaired) electrons. The Morgan fingerprint density at radius 2 is 1.59 bits per heavy atom. The first-order valence-electron chi connectivity index (χ1n) is 10.2. The summed E-state index contributed by atoms with van der Waals surface area (Å²) < 4.78 is 5.26. The first-order valence-corrected chi connectivity index (χ1v) is 11.3. The predicted molar refractivity (Wildman–Crippen MR) is 129 cm³/mol. The number of anilines is 2. The second-order valence-corrected chi connectivity index (χ2v) is 9.09. The number of benzene rings is 3. The van der Waals surface area contributed by atoms with Gasteiger partial charge in [-0.1, -0.05) is 40.9 Å². The van der Waals surface area contributed by atoms with E-state index in [2.05, 4.69) is 0 Å². The number of methoxy groups -OCH3 is 1. The maximum Gasteiger partial charge on any atom is 0.266 e. The molecule has 1 N–H and O–H groups in total. The molecule has 2 aliphatic rings. The van der Waals surface area contributed by atoms with E-state index in [0.717, 1.165) is 4.90 Å². The Kier molecular flexibility index (Phi) is 5.81. The molecular formula is C24H17Cl3N2O5. The third kappa shape index (κ3) is 3.65. The minimum absolute atomic E-state index is 0.0500. The summed E-state index contributed by atoms with van der Waals surface area (Å²) in [7, 11) is 1.43. The molecule has 0 bridgehead atoms. The van der Waals surface area contributed by atoms with Gasteiger partial charge in [0.05, 0.1) is 34.6 Å². The lowest BCUT2D eigenvalue weighted by Gasteiger charge is -2.29. The van der Waals surface area contributed by atoms with Crippen LogP contribution in [0.5, 0.6) is 11.5 Å². The molecule has 2 fully saturated rings. The van der Waals surface area contributed by atoms with Crippen molar-refractivity contribution in [2.45, 2.75) is 12.1 Å². The van der Waals surface area contributed by atoms with E-state index >= 15 is 0 Å². The maximum absolute atomic E-state index is 13.7. The normalized spacial score (nSPS) is 21.8. The van der Waals surface area contributed by atoms with E-state index in [9.17, 15) is 14.7 Å². The van der Waals surface area contributed by atoms with Gasteiger partial charge in [-0.05, 0) is 60.2 Å². The van der Waals surface area contributed by atoms with Crippen molar-refractivity contribution in [1.29, 1.82) is 0 Å². The van der Waals surface area contributed by atoms with Gasteiger partial charge in [-0.2, -0.15) is 0 Å². The summed E-state index contributed by atoms with van der Waals surface area (Å²) in [6, 6.07) is 15.5. The number of carbonyl (C=O) groups excluding carboxylic acids is 2. The number of imide groups is 1. The van der Waals surface area contributed by atoms with Crippen molar-refractivity contribution in [3.05, 3.63) is 81.3 Å². The Morgan fingerprint density at radius 3 is 2.26 bits per heavy atom. The molecule has 0 unspecified atom stereocenters. The molecule has 3 aromatic carbocycles. The summed E-state index contributed by atoms with van der Waals surface area (Å²) in [5, 5.41) is 12.7. The van der Waals surface area contributed by atoms with E-state index in [4.69, 9.17) is 44.4 Å². The van der Waals surface area contributed by atoms with Gasteiger partial charge in [0.1, 0.15) is 5.92 Å². The van der Waals surface area contributed by atoms with Crippen molar-refractivity contribution in [3.8, 4) is 11.5 Å². The van der Waals surface area contributed by atoms with Crippen LogP contribution in [0.25, 0.3) is 0 Å². The highest BCUT2D eigenvalue weighted by molar-refractivity contribution is 6.42. The molecule has 0 aromatic heterocycles. The molecule has 2 saturated heterocycles. The number of hydrogen-bond donors (Lipinski definition) is 1. The molecule has 0 spiro atoms. The third-order valence-electron chi connectivity index (χ3n) is 5.90. The van der Waals surface area contributed by atoms with Crippen LogP contribution < -0.4 is 14.7 Å². The van der Waals surface area contributed by atoms with Gasteiger partial charge in [0, 0.05) is 5.02 Å². The van der Waals surface area contributed by atoms with E-state index in [-0.39, 0.29) is 16.5 Å². The van der Waals surface area contributed by atoms with Crippen molar-refractivity contribution in [3.63, 3.8) is 0 Å². The number of rotatable bonds is 4. The first kappa shape index (κ1) is 22.8. The van der Waals surface area contributed by atoms with Gasteiger partial charge in [-0.3, -0.25) is 14.4 Å². The zero-order chi connectivity index (χ0) is 24.1. The Balaban J connectivity index is 1.60. The summed E-state index contributed by atoms with van der Waals surface area (Å²) in [5.74, 6) is -1.64. The standard InChI is InChI=1S/C24H17Cl3N2O5/c1-33-19-10-12(2-9-18(19)30)21-20-22(34-29(21)14-5-3-13(25)4-6-14)24(32)28(23(20)31)15-7-8-16(26)17(27)11-15/h2-11,20-22,30H,1H3/t20-,21-,22+/m1/s1. The largest absolute Gasteiger partial charge is 0.504 e. The van der Waals surface area contributed by atoms with Crippen LogP contribution in [0.2, 0.25) is 15.1 Å². The smallest absolute Gasteiger partial charge is 0.266 e. The van der Waals surface area contributed by atoms with Crippen LogP contribution in [0.15, 0.2) is 60.7 Å². The summed E-state index contributed by atoms with van der Waals surface area (Å²) in [6.45, 7) is 0. The molecule has 7 nitrogen and oxygen atoms in total. The third-order valence-corrected chi connectivity index (χ3v) is 6.89. The van der Waals surface area contributed by atoms with Crippen LogP contribution in [0.1, 0.15) is 11.6 Å². The highest BCUT2D eigenvalue weighted by Crippen LogP contribution is 2.49. The second kappa shape index (κ2) is 8.67. The van der Waals surface area contributed by atoms with Crippen LogP contribution in [0.4, 0.5) is 11.4 Å². The van der Waals surface area contributed by atoms with Gasteiger partial charge in [0.25, 0.3) is 5.91 Å². The lowest BCUT2D eigenvalue weighted by Crippen LogP contribution is -2.37. The summed E-state index contributed by atoms with van der Waals surface area (Å²) in [4.78, 5) is 34.2. The van der Waals surface area contributed by atoms with Gasteiger partial charge in [-0.15, -0.1) is 0 Å².